The van der Waals surface area contributed by atoms with E-state index in [1.54, 1.807) is 4.57 Å². The maximum Gasteiger partial charge on any atom is 0.167 e. The van der Waals surface area contributed by atoms with Crippen LogP contribution in [-0.2, 0) is 4.74 Å². The van der Waals surface area contributed by atoms with Crippen LogP contribution < -0.4 is 5.73 Å². The van der Waals surface area contributed by atoms with Crippen LogP contribution in [0.1, 0.15) is 6.23 Å². The van der Waals surface area contributed by atoms with Crippen LogP contribution in [0.15, 0.2) is 12.7 Å². The van der Waals surface area contributed by atoms with Gasteiger partial charge in [0.15, 0.2) is 17.7 Å². The summed E-state index contributed by atoms with van der Waals surface area (Å²) in [6, 6.07) is 0. The van der Waals surface area contributed by atoms with Crippen LogP contribution in [0.3, 0.4) is 0 Å². The monoisotopic (exact) mass is 377 g/mol. The number of rotatable bonds is 2. The third-order valence-corrected chi connectivity index (χ3v) is 4.67. The number of imidazole rings is 1. The fourth-order valence-corrected chi connectivity index (χ4v) is 2.89. The van der Waals surface area contributed by atoms with Gasteiger partial charge in [0.25, 0.3) is 0 Å². The van der Waals surface area contributed by atoms with Crippen molar-refractivity contribution >= 4 is 39.6 Å². The minimum absolute atomic E-state index is 0.148. The Morgan fingerprint density at radius 1 is 1.42 bits per heavy atom. The van der Waals surface area contributed by atoms with E-state index in [4.69, 9.17) is 10.5 Å². The summed E-state index contributed by atoms with van der Waals surface area (Å²) in [6.45, 7) is -0.148. The van der Waals surface area contributed by atoms with Gasteiger partial charge >= 0.3 is 0 Å². The molecule has 4 N–H and O–H groups in total. The molecule has 1 fully saturated rings. The molecule has 9 heteroatoms. The largest absolute Gasteiger partial charge is 0.394 e. The highest BCUT2D eigenvalue weighted by atomic mass is 127. The lowest BCUT2D eigenvalue weighted by molar-refractivity contribution is -0.0486. The number of anilines is 1. The second kappa shape index (κ2) is 4.81. The van der Waals surface area contributed by atoms with Gasteiger partial charge in [-0.15, -0.1) is 0 Å². The molecule has 0 aliphatic carbocycles. The third-order valence-electron chi connectivity index (χ3n) is 3.13. The van der Waals surface area contributed by atoms with Crippen molar-refractivity contribution in [3.63, 3.8) is 0 Å². The van der Waals surface area contributed by atoms with E-state index in [9.17, 15) is 10.2 Å². The van der Waals surface area contributed by atoms with Crippen molar-refractivity contribution in [3.05, 3.63) is 12.7 Å². The third kappa shape index (κ3) is 1.96. The Balaban J connectivity index is 2.04. The van der Waals surface area contributed by atoms with E-state index < -0.39 is 18.4 Å². The van der Waals surface area contributed by atoms with Gasteiger partial charge in [-0.05, 0) is 0 Å². The standard InChI is InChI=1S/C10H12IN5O3/c11-5-4(1-17)19-10(7(5)18)16-3-15-6-8(12)13-2-14-9(6)16/h2-5,7,10,17-18H,1H2,(H2,12,13,14)/t4-,5+,7-,10-/m1/s1. The second-order valence-corrected chi connectivity index (χ2v) is 5.70. The van der Waals surface area contributed by atoms with Crippen molar-refractivity contribution in [2.45, 2.75) is 22.4 Å². The molecule has 3 rings (SSSR count). The van der Waals surface area contributed by atoms with Crippen molar-refractivity contribution < 1.29 is 14.9 Å². The van der Waals surface area contributed by atoms with Gasteiger partial charge in [0.2, 0.25) is 0 Å². The van der Waals surface area contributed by atoms with Crippen LogP contribution in [0, 0.1) is 0 Å². The van der Waals surface area contributed by atoms with Gasteiger partial charge in [-0.1, -0.05) is 22.6 Å². The molecule has 0 unspecified atom stereocenters. The number of nitrogen functional groups attached to an aromatic ring is 1. The number of halogens is 1. The summed E-state index contributed by atoms with van der Waals surface area (Å²) in [5.74, 6) is 0.279. The predicted molar refractivity (Wildman–Crippen MR) is 74.5 cm³/mol. The van der Waals surface area contributed by atoms with E-state index in [2.05, 4.69) is 37.5 Å². The van der Waals surface area contributed by atoms with E-state index in [-0.39, 0.29) is 16.3 Å². The van der Waals surface area contributed by atoms with Gasteiger partial charge in [-0.3, -0.25) is 4.57 Å². The van der Waals surface area contributed by atoms with Crippen molar-refractivity contribution in [2.24, 2.45) is 0 Å². The van der Waals surface area contributed by atoms with Gasteiger partial charge in [0, 0.05) is 0 Å². The number of fused-ring (bicyclic) bond motifs is 1. The first-order chi connectivity index (χ1) is 9.13. The van der Waals surface area contributed by atoms with Crippen LogP contribution in [0.4, 0.5) is 5.82 Å². The molecule has 102 valence electrons. The zero-order chi connectivity index (χ0) is 13.6. The maximum absolute atomic E-state index is 10.2. The molecule has 0 bridgehead atoms. The van der Waals surface area contributed by atoms with Crippen LogP contribution in [0.2, 0.25) is 0 Å². The number of hydrogen-bond acceptors (Lipinski definition) is 7. The zero-order valence-electron chi connectivity index (χ0n) is 9.72. The molecule has 0 saturated carbocycles. The molecule has 0 radical (unpaired) electrons. The van der Waals surface area contributed by atoms with Crippen molar-refractivity contribution in [1.29, 1.82) is 0 Å². The highest BCUT2D eigenvalue weighted by molar-refractivity contribution is 14.1. The molecule has 1 aliphatic heterocycles. The summed E-state index contributed by atoms with van der Waals surface area (Å²) < 4.78 is 7.05. The number of nitrogens with two attached hydrogens (primary N) is 1. The average Bonchev–Trinajstić information content (AvgIpc) is 2.94. The molecular formula is C10H12IN5O3. The van der Waals surface area contributed by atoms with Gasteiger partial charge < -0.3 is 20.7 Å². The first-order valence-corrected chi connectivity index (χ1v) is 6.89. The molecule has 0 amide bonds. The molecular weight excluding hydrogens is 365 g/mol. The quantitative estimate of drug-likeness (QED) is 0.475. The van der Waals surface area contributed by atoms with E-state index in [0.29, 0.717) is 11.2 Å². The highest BCUT2D eigenvalue weighted by Crippen LogP contribution is 2.35. The van der Waals surface area contributed by atoms with Gasteiger partial charge in [0.1, 0.15) is 17.9 Å². The van der Waals surface area contributed by atoms with Crippen LogP contribution >= 0.6 is 22.6 Å². The number of nitrogens with zero attached hydrogens (tertiary/aromatic N) is 4. The van der Waals surface area contributed by atoms with Gasteiger partial charge in [-0.25, -0.2) is 15.0 Å². The minimum Gasteiger partial charge on any atom is -0.394 e. The number of aromatic nitrogens is 4. The fourth-order valence-electron chi connectivity index (χ4n) is 2.14. The summed E-state index contributed by atoms with van der Waals surface area (Å²) in [6.07, 6.45) is 1.02. The summed E-state index contributed by atoms with van der Waals surface area (Å²) in [4.78, 5) is 12.1. The van der Waals surface area contributed by atoms with E-state index in [1.165, 1.54) is 12.7 Å². The summed E-state index contributed by atoms with van der Waals surface area (Å²) in [5.41, 5.74) is 6.68. The van der Waals surface area contributed by atoms with E-state index in [0.717, 1.165) is 0 Å². The lowest BCUT2D eigenvalue weighted by atomic mass is 10.2. The Morgan fingerprint density at radius 2 is 2.21 bits per heavy atom. The minimum atomic E-state index is -0.758. The van der Waals surface area contributed by atoms with Gasteiger partial charge in [0.05, 0.1) is 23.0 Å². The molecule has 19 heavy (non-hydrogen) atoms. The average molecular weight is 377 g/mol. The molecule has 0 spiro atoms. The molecule has 4 atom stereocenters. The number of aliphatic hydroxyl groups is 2. The normalized spacial score (nSPS) is 31.1. The molecule has 8 nitrogen and oxygen atoms in total. The Kier molecular flexibility index (Phi) is 3.28. The lowest BCUT2D eigenvalue weighted by Crippen LogP contribution is -2.27. The first-order valence-electron chi connectivity index (χ1n) is 5.65. The SMILES string of the molecule is Nc1ncnc2c1ncn2[C@@H]1O[C@H](CO)[C@H](I)[C@H]1O. The summed E-state index contributed by atoms with van der Waals surface area (Å²) >= 11 is 2.06. The molecule has 2 aromatic heterocycles. The summed E-state index contributed by atoms with van der Waals surface area (Å²) in [7, 11) is 0. The van der Waals surface area contributed by atoms with Gasteiger partial charge in [-0.2, -0.15) is 0 Å². The number of aliphatic hydroxyl groups excluding tert-OH is 2. The maximum atomic E-state index is 10.2. The highest BCUT2D eigenvalue weighted by Gasteiger charge is 2.43. The zero-order valence-corrected chi connectivity index (χ0v) is 11.9. The fraction of sp³-hybridized carbons (Fsp3) is 0.500. The van der Waals surface area contributed by atoms with Crippen LogP contribution in [-0.4, -0.2) is 52.5 Å². The van der Waals surface area contributed by atoms with Crippen LogP contribution in [0.5, 0.6) is 0 Å². The molecule has 1 aliphatic rings. The Morgan fingerprint density at radius 3 is 2.89 bits per heavy atom. The second-order valence-electron chi connectivity index (χ2n) is 4.27. The lowest BCUT2D eigenvalue weighted by Gasteiger charge is -2.16. The van der Waals surface area contributed by atoms with Crippen LogP contribution in [0.25, 0.3) is 11.2 Å². The molecule has 1 saturated heterocycles. The molecule has 3 heterocycles. The molecule has 0 aromatic carbocycles. The smallest absolute Gasteiger partial charge is 0.167 e. The Labute approximate surface area is 121 Å². The van der Waals surface area contributed by atoms with Crippen molar-refractivity contribution in [3.8, 4) is 0 Å². The number of hydrogen-bond donors (Lipinski definition) is 3. The summed E-state index contributed by atoms with van der Waals surface area (Å²) in [5, 5.41) is 19.4. The topological polar surface area (TPSA) is 119 Å². The van der Waals surface area contributed by atoms with E-state index >= 15 is 0 Å². The Bertz CT molecular complexity index is 606. The molecule has 2 aromatic rings. The first kappa shape index (κ1) is 13.0. The predicted octanol–water partition coefficient (Wildman–Crippen LogP) is -0.537. The van der Waals surface area contributed by atoms with Crippen molar-refractivity contribution in [2.75, 3.05) is 12.3 Å². The van der Waals surface area contributed by atoms with Crippen molar-refractivity contribution in [1.82, 2.24) is 19.5 Å². The van der Waals surface area contributed by atoms with E-state index in [1.807, 2.05) is 0 Å². The number of alkyl halides is 1. The number of ether oxygens (including phenoxy) is 1. The Hall–Kier alpha value is -1.04.